The van der Waals surface area contributed by atoms with Crippen LogP contribution in [0.5, 0.6) is 0 Å². The molecule has 0 bridgehead atoms. The number of anilines is 1. The molecule has 122 valence electrons. The number of nitrogen functional groups attached to an aromatic ring is 1. The van der Waals surface area contributed by atoms with Crippen LogP contribution in [-0.2, 0) is 17.8 Å². The molecule has 0 aliphatic carbocycles. The quantitative estimate of drug-likeness (QED) is 0.827. The van der Waals surface area contributed by atoms with E-state index in [0.717, 1.165) is 44.5 Å². The lowest BCUT2D eigenvalue weighted by Crippen LogP contribution is -2.32. The minimum atomic E-state index is 0.730. The Kier molecular flexibility index (Phi) is 5.67. The lowest BCUT2D eigenvalue weighted by Gasteiger charge is -2.30. The van der Waals surface area contributed by atoms with Gasteiger partial charge in [-0.2, -0.15) is 0 Å². The summed E-state index contributed by atoms with van der Waals surface area (Å²) in [5, 5.41) is 0. The fourth-order valence-electron chi connectivity index (χ4n) is 3.27. The molecular formula is C20H26N2O. The standard InChI is InChI=1S/C20H26N2O/c21-20-8-4-7-19(13-20)16-22(14-17-5-2-1-3-6-17)15-18-9-11-23-12-10-18/h1-8,13,18H,9-12,14-16,21H2. The zero-order chi connectivity index (χ0) is 15.9. The van der Waals surface area contributed by atoms with Gasteiger partial charge in [-0.1, -0.05) is 42.5 Å². The Morgan fingerprint density at radius 3 is 2.35 bits per heavy atom. The van der Waals surface area contributed by atoms with Crippen molar-refractivity contribution in [2.45, 2.75) is 25.9 Å². The second-order valence-electron chi connectivity index (χ2n) is 6.46. The number of nitrogens with two attached hydrogens (primary N) is 1. The van der Waals surface area contributed by atoms with Gasteiger partial charge in [0.1, 0.15) is 0 Å². The number of benzene rings is 2. The first-order valence-corrected chi connectivity index (χ1v) is 8.48. The predicted octanol–water partition coefficient (Wildman–Crippen LogP) is 3.70. The molecule has 1 heterocycles. The Morgan fingerprint density at radius 1 is 0.913 bits per heavy atom. The zero-order valence-corrected chi connectivity index (χ0v) is 13.7. The van der Waals surface area contributed by atoms with Crippen molar-refractivity contribution >= 4 is 5.69 Å². The molecule has 3 rings (SSSR count). The Bertz CT molecular complexity index is 594. The van der Waals surface area contributed by atoms with Crippen molar-refractivity contribution in [1.82, 2.24) is 4.90 Å². The Morgan fingerprint density at radius 2 is 1.61 bits per heavy atom. The molecule has 2 aromatic rings. The van der Waals surface area contributed by atoms with Gasteiger partial charge in [-0.05, 0) is 42.0 Å². The molecule has 0 radical (unpaired) electrons. The highest BCUT2D eigenvalue weighted by Crippen LogP contribution is 2.20. The first kappa shape index (κ1) is 16.0. The van der Waals surface area contributed by atoms with Crippen LogP contribution in [-0.4, -0.2) is 24.7 Å². The van der Waals surface area contributed by atoms with Gasteiger partial charge in [-0.3, -0.25) is 4.90 Å². The zero-order valence-electron chi connectivity index (χ0n) is 13.7. The normalized spacial score (nSPS) is 15.9. The van der Waals surface area contributed by atoms with Gasteiger partial charge >= 0.3 is 0 Å². The van der Waals surface area contributed by atoms with E-state index in [9.17, 15) is 0 Å². The molecule has 1 aliphatic heterocycles. The Hall–Kier alpha value is -1.84. The van der Waals surface area contributed by atoms with E-state index in [2.05, 4.69) is 47.4 Å². The third-order valence-electron chi connectivity index (χ3n) is 4.46. The summed E-state index contributed by atoms with van der Waals surface area (Å²) in [5.41, 5.74) is 9.43. The van der Waals surface area contributed by atoms with Gasteiger partial charge in [0.2, 0.25) is 0 Å². The second kappa shape index (κ2) is 8.14. The van der Waals surface area contributed by atoms with Crippen LogP contribution in [0.15, 0.2) is 54.6 Å². The highest BCUT2D eigenvalue weighted by atomic mass is 16.5. The summed E-state index contributed by atoms with van der Waals surface area (Å²) >= 11 is 0. The maximum absolute atomic E-state index is 5.94. The van der Waals surface area contributed by atoms with Gasteiger partial charge in [0.05, 0.1) is 0 Å². The van der Waals surface area contributed by atoms with Gasteiger partial charge in [0.25, 0.3) is 0 Å². The molecule has 3 heteroatoms. The third kappa shape index (κ3) is 5.08. The van der Waals surface area contributed by atoms with Gasteiger partial charge < -0.3 is 10.5 Å². The molecular weight excluding hydrogens is 284 g/mol. The van der Waals surface area contributed by atoms with E-state index in [-0.39, 0.29) is 0 Å². The highest BCUT2D eigenvalue weighted by Gasteiger charge is 2.18. The van der Waals surface area contributed by atoms with Crippen molar-refractivity contribution in [3.05, 3.63) is 65.7 Å². The maximum Gasteiger partial charge on any atom is 0.0469 e. The van der Waals surface area contributed by atoms with E-state index in [1.165, 1.54) is 24.0 Å². The van der Waals surface area contributed by atoms with Crippen molar-refractivity contribution in [2.75, 3.05) is 25.5 Å². The summed E-state index contributed by atoms with van der Waals surface area (Å²) in [6.45, 7) is 4.85. The fraction of sp³-hybridized carbons (Fsp3) is 0.400. The minimum absolute atomic E-state index is 0.730. The molecule has 0 saturated carbocycles. The van der Waals surface area contributed by atoms with Crippen LogP contribution in [0.4, 0.5) is 5.69 Å². The first-order chi connectivity index (χ1) is 11.3. The van der Waals surface area contributed by atoms with E-state index >= 15 is 0 Å². The monoisotopic (exact) mass is 310 g/mol. The molecule has 3 nitrogen and oxygen atoms in total. The summed E-state index contributed by atoms with van der Waals surface area (Å²) in [5.74, 6) is 0.730. The van der Waals surface area contributed by atoms with Crippen molar-refractivity contribution in [2.24, 2.45) is 5.92 Å². The molecule has 0 unspecified atom stereocenters. The predicted molar refractivity (Wildman–Crippen MR) is 95.0 cm³/mol. The smallest absolute Gasteiger partial charge is 0.0469 e. The van der Waals surface area contributed by atoms with Crippen LogP contribution >= 0.6 is 0 Å². The Labute approximate surface area is 139 Å². The molecule has 0 spiro atoms. The van der Waals surface area contributed by atoms with E-state index in [1.54, 1.807) is 0 Å². The molecule has 2 N–H and O–H groups in total. The topological polar surface area (TPSA) is 38.5 Å². The number of rotatable bonds is 6. The van der Waals surface area contributed by atoms with Crippen molar-refractivity contribution < 1.29 is 4.74 Å². The van der Waals surface area contributed by atoms with Crippen molar-refractivity contribution in [3.63, 3.8) is 0 Å². The van der Waals surface area contributed by atoms with Crippen LogP contribution in [0.2, 0.25) is 0 Å². The molecule has 23 heavy (non-hydrogen) atoms. The number of ether oxygens (including phenoxy) is 1. The summed E-state index contributed by atoms with van der Waals surface area (Å²) in [6, 6.07) is 18.9. The SMILES string of the molecule is Nc1cccc(CN(Cc2ccccc2)CC2CCOCC2)c1. The third-order valence-corrected chi connectivity index (χ3v) is 4.46. The summed E-state index contributed by atoms with van der Waals surface area (Å²) in [7, 11) is 0. The lowest BCUT2D eigenvalue weighted by molar-refractivity contribution is 0.0502. The maximum atomic E-state index is 5.94. The number of hydrogen-bond acceptors (Lipinski definition) is 3. The molecule has 1 aliphatic rings. The van der Waals surface area contributed by atoms with E-state index in [1.807, 2.05) is 12.1 Å². The summed E-state index contributed by atoms with van der Waals surface area (Å²) in [6.07, 6.45) is 2.34. The Balaban J connectivity index is 1.69. The van der Waals surface area contributed by atoms with Crippen molar-refractivity contribution in [1.29, 1.82) is 0 Å². The van der Waals surface area contributed by atoms with E-state index in [4.69, 9.17) is 10.5 Å². The summed E-state index contributed by atoms with van der Waals surface area (Å²) in [4.78, 5) is 2.54. The fourth-order valence-corrected chi connectivity index (χ4v) is 3.27. The van der Waals surface area contributed by atoms with Crippen LogP contribution in [0, 0.1) is 5.92 Å². The molecule has 2 aromatic carbocycles. The van der Waals surface area contributed by atoms with Gasteiger partial charge in [0.15, 0.2) is 0 Å². The minimum Gasteiger partial charge on any atom is -0.399 e. The van der Waals surface area contributed by atoms with E-state index in [0.29, 0.717) is 0 Å². The highest BCUT2D eigenvalue weighted by molar-refractivity contribution is 5.40. The number of nitrogens with zero attached hydrogens (tertiary/aromatic N) is 1. The number of hydrogen-bond donors (Lipinski definition) is 1. The molecule has 1 saturated heterocycles. The average Bonchev–Trinajstić information content (AvgIpc) is 2.57. The lowest BCUT2D eigenvalue weighted by atomic mass is 9.99. The van der Waals surface area contributed by atoms with Gasteiger partial charge in [-0.15, -0.1) is 0 Å². The molecule has 0 aromatic heterocycles. The molecule has 0 amide bonds. The first-order valence-electron chi connectivity index (χ1n) is 8.48. The molecule has 1 fully saturated rings. The second-order valence-corrected chi connectivity index (χ2v) is 6.46. The summed E-state index contributed by atoms with van der Waals surface area (Å²) < 4.78 is 5.50. The van der Waals surface area contributed by atoms with Crippen LogP contribution in [0.25, 0.3) is 0 Å². The van der Waals surface area contributed by atoms with Crippen LogP contribution in [0.3, 0.4) is 0 Å². The van der Waals surface area contributed by atoms with Gasteiger partial charge in [-0.25, -0.2) is 0 Å². The van der Waals surface area contributed by atoms with Gasteiger partial charge in [0, 0.05) is 38.5 Å². The van der Waals surface area contributed by atoms with Crippen LogP contribution < -0.4 is 5.73 Å². The van der Waals surface area contributed by atoms with Crippen molar-refractivity contribution in [3.8, 4) is 0 Å². The molecule has 0 atom stereocenters. The van der Waals surface area contributed by atoms with E-state index < -0.39 is 0 Å². The average molecular weight is 310 g/mol. The van der Waals surface area contributed by atoms with Crippen LogP contribution in [0.1, 0.15) is 24.0 Å². The largest absolute Gasteiger partial charge is 0.399 e.